The smallest absolute Gasteiger partial charge is 0.328 e. The van der Waals surface area contributed by atoms with Crippen molar-refractivity contribution in [3.05, 3.63) is 12.2 Å². The van der Waals surface area contributed by atoms with E-state index >= 15 is 0 Å². The number of carbonyl (C=O) groups is 2. The molecule has 0 fully saturated rings. The van der Waals surface area contributed by atoms with Crippen molar-refractivity contribution < 1.29 is 19.4 Å². The Morgan fingerprint density at radius 2 is 1.94 bits per heavy atom. The lowest BCUT2D eigenvalue weighted by Gasteiger charge is -2.19. The third-order valence-electron chi connectivity index (χ3n) is 2.35. The van der Waals surface area contributed by atoms with Gasteiger partial charge in [-0.1, -0.05) is 19.4 Å². The van der Waals surface area contributed by atoms with Gasteiger partial charge in [-0.2, -0.15) is 0 Å². The quantitative estimate of drug-likeness (QED) is 0.527. The van der Waals surface area contributed by atoms with Crippen molar-refractivity contribution in [2.75, 3.05) is 7.11 Å². The summed E-state index contributed by atoms with van der Waals surface area (Å²) in [5.74, 6) is -0.896. The van der Waals surface area contributed by atoms with Gasteiger partial charge in [0.1, 0.15) is 12.1 Å². The highest BCUT2D eigenvalue weighted by molar-refractivity contribution is 5.86. The zero-order valence-electron chi connectivity index (χ0n) is 11.5. The molecule has 0 bridgehead atoms. The molecule has 104 valence electrons. The molecule has 0 spiro atoms. The molecule has 0 saturated heterocycles. The first-order valence-electron chi connectivity index (χ1n) is 5.98. The van der Waals surface area contributed by atoms with Gasteiger partial charge in [0.25, 0.3) is 0 Å². The second kappa shape index (κ2) is 7.87. The van der Waals surface area contributed by atoms with E-state index in [1.165, 1.54) is 7.11 Å². The number of hydrogen-bond donors (Lipinski definition) is 2. The number of rotatable bonds is 7. The van der Waals surface area contributed by atoms with Crippen LogP contribution in [0.2, 0.25) is 0 Å². The first-order chi connectivity index (χ1) is 8.27. The Kier molecular flexibility index (Phi) is 7.27. The minimum absolute atomic E-state index is 0.198. The summed E-state index contributed by atoms with van der Waals surface area (Å²) < 4.78 is 4.60. The second-order valence-electron chi connectivity index (χ2n) is 4.89. The molecule has 18 heavy (non-hydrogen) atoms. The van der Waals surface area contributed by atoms with E-state index in [0.717, 1.165) is 5.57 Å². The van der Waals surface area contributed by atoms with Crippen LogP contribution in [0.3, 0.4) is 0 Å². The lowest BCUT2D eigenvalue weighted by Crippen LogP contribution is -2.46. The summed E-state index contributed by atoms with van der Waals surface area (Å²) in [4.78, 5) is 23.2. The highest BCUT2D eigenvalue weighted by Gasteiger charge is 2.25. The van der Waals surface area contributed by atoms with Gasteiger partial charge < -0.3 is 15.2 Å². The highest BCUT2D eigenvalue weighted by atomic mass is 16.5. The van der Waals surface area contributed by atoms with Crippen molar-refractivity contribution in [1.82, 2.24) is 5.32 Å². The lowest BCUT2D eigenvalue weighted by molar-refractivity contribution is -0.146. The maximum Gasteiger partial charge on any atom is 0.328 e. The Morgan fingerprint density at radius 1 is 1.39 bits per heavy atom. The van der Waals surface area contributed by atoms with E-state index in [-0.39, 0.29) is 5.92 Å². The van der Waals surface area contributed by atoms with E-state index in [1.54, 1.807) is 6.92 Å². The Balaban J connectivity index is 4.52. The zero-order valence-corrected chi connectivity index (χ0v) is 11.5. The van der Waals surface area contributed by atoms with Crippen molar-refractivity contribution in [3.8, 4) is 0 Å². The van der Waals surface area contributed by atoms with Crippen LogP contribution in [0.4, 0.5) is 0 Å². The molecule has 2 atom stereocenters. The highest BCUT2D eigenvalue weighted by Crippen LogP contribution is 2.07. The van der Waals surface area contributed by atoms with Crippen LogP contribution in [0.25, 0.3) is 0 Å². The van der Waals surface area contributed by atoms with Crippen LogP contribution < -0.4 is 5.32 Å². The SMILES string of the molecule is C=C(C)C[C@H](NC(=O)[C@@H](O)CC(C)C)C(=O)OC. The van der Waals surface area contributed by atoms with Crippen molar-refractivity contribution in [2.24, 2.45) is 5.92 Å². The van der Waals surface area contributed by atoms with Crippen LogP contribution in [0, 0.1) is 5.92 Å². The Morgan fingerprint density at radius 3 is 2.33 bits per heavy atom. The molecular weight excluding hydrogens is 234 g/mol. The van der Waals surface area contributed by atoms with Crippen LogP contribution in [0.5, 0.6) is 0 Å². The summed E-state index contributed by atoms with van der Waals surface area (Å²) in [5, 5.41) is 12.1. The van der Waals surface area contributed by atoms with Crippen molar-refractivity contribution in [1.29, 1.82) is 0 Å². The summed E-state index contributed by atoms with van der Waals surface area (Å²) in [6.07, 6.45) is -0.457. The Hall–Kier alpha value is -1.36. The van der Waals surface area contributed by atoms with Crippen LogP contribution in [-0.4, -0.2) is 36.2 Å². The van der Waals surface area contributed by atoms with Crippen LogP contribution in [0.1, 0.15) is 33.6 Å². The molecule has 1 amide bonds. The number of carbonyl (C=O) groups excluding carboxylic acids is 2. The molecule has 0 aliphatic carbocycles. The predicted molar refractivity (Wildman–Crippen MR) is 68.8 cm³/mol. The average Bonchev–Trinajstić information content (AvgIpc) is 2.25. The largest absolute Gasteiger partial charge is 0.467 e. The fourth-order valence-corrected chi connectivity index (χ4v) is 1.51. The van der Waals surface area contributed by atoms with E-state index in [1.807, 2.05) is 13.8 Å². The first-order valence-corrected chi connectivity index (χ1v) is 5.98. The number of methoxy groups -OCH3 is 1. The molecule has 5 nitrogen and oxygen atoms in total. The summed E-state index contributed by atoms with van der Waals surface area (Å²) in [6, 6.07) is -0.790. The number of hydrogen-bond acceptors (Lipinski definition) is 4. The Labute approximate surface area is 108 Å². The van der Waals surface area contributed by atoms with Crippen molar-refractivity contribution >= 4 is 11.9 Å². The molecule has 0 aromatic heterocycles. The van der Waals surface area contributed by atoms with Crippen LogP contribution in [0.15, 0.2) is 12.2 Å². The normalized spacial score (nSPS) is 13.9. The van der Waals surface area contributed by atoms with E-state index in [9.17, 15) is 14.7 Å². The number of aliphatic hydroxyl groups is 1. The standard InChI is InChI=1S/C13H23NO4/c1-8(2)6-10(13(17)18-5)14-12(16)11(15)7-9(3)4/h9-11,15H,1,6-7H2,2-5H3,(H,14,16)/t10-,11-/m0/s1. The summed E-state index contributed by atoms with van der Waals surface area (Å²) >= 11 is 0. The molecule has 0 aliphatic heterocycles. The van der Waals surface area contributed by atoms with Crippen LogP contribution in [-0.2, 0) is 14.3 Å². The Bertz CT molecular complexity index is 312. The van der Waals surface area contributed by atoms with Gasteiger partial charge in [-0.05, 0) is 25.7 Å². The van der Waals surface area contributed by atoms with E-state index in [2.05, 4.69) is 16.6 Å². The van der Waals surface area contributed by atoms with Gasteiger partial charge in [0, 0.05) is 0 Å². The van der Waals surface area contributed by atoms with Gasteiger partial charge in [0.05, 0.1) is 7.11 Å². The minimum Gasteiger partial charge on any atom is -0.467 e. The second-order valence-corrected chi connectivity index (χ2v) is 4.89. The zero-order chi connectivity index (χ0) is 14.3. The van der Waals surface area contributed by atoms with Gasteiger partial charge in [0.15, 0.2) is 0 Å². The van der Waals surface area contributed by atoms with Gasteiger partial charge >= 0.3 is 5.97 Å². The molecule has 0 unspecified atom stereocenters. The third kappa shape index (κ3) is 6.39. The maximum absolute atomic E-state index is 11.7. The minimum atomic E-state index is -1.11. The molecule has 0 aliphatic rings. The topological polar surface area (TPSA) is 75.6 Å². The van der Waals surface area contributed by atoms with Gasteiger partial charge in [-0.15, -0.1) is 6.58 Å². The van der Waals surface area contributed by atoms with Crippen molar-refractivity contribution in [3.63, 3.8) is 0 Å². The van der Waals surface area contributed by atoms with Gasteiger partial charge in [-0.25, -0.2) is 4.79 Å². The molecule has 0 rings (SSSR count). The monoisotopic (exact) mass is 257 g/mol. The number of amides is 1. The number of ether oxygens (including phenoxy) is 1. The molecule has 0 heterocycles. The predicted octanol–water partition coefficient (Wildman–Crippen LogP) is 1.02. The molecule has 0 aromatic rings. The van der Waals surface area contributed by atoms with Gasteiger partial charge in [0.2, 0.25) is 5.91 Å². The lowest BCUT2D eigenvalue weighted by atomic mass is 10.0. The molecule has 0 aromatic carbocycles. The third-order valence-corrected chi connectivity index (χ3v) is 2.35. The summed E-state index contributed by atoms with van der Waals surface area (Å²) in [7, 11) is 1.25. The number of nitrogens with one attached hydrogen (secondary N) is 1. The first kappa shape index (κ1) is 16.6. The molecule has 2 N–H and O–H groups in total. The van der Waals surface area contributed by atoms with Crippen LogP contribution >= 0.6 is 0 Å². The molecule has 5 heteroatoms. The maximum atomic E-state index is 11.7. The fraction of sp³-hybridized carbons (Fsp3) is 0.692. The van der Waals surface area contributed by atoms with E-state index in [4.69, 9.17) is 0 Å². The number of esters is 1. The number of aliphatic hydroxyl groups excluding tert-OH is 1. The molecular formula is C13H23NO4. The summed E-state index contributed by atoms with van der Waals surface area (Å²) in [5.41, 5.74) is 0.754. The average molecular weight is 257 g/mol. The van der Waals surface area contributed by atoms with Crippen molar-refractivity contribution in [2.45, 2.75) is 45.8 Å². The van der Waals surface area contributed by atoms with Gasteiger partial charge in [-0.3, -0.25) is 4.79 Å². The van der Waals surface area contributed by atoms with E-state index in [0.29, 0.717) is 12.8 Å². The van der Waals surface area contributed by atoms with E-state index < -0.39 is 24.0 Å². The fourth-order valence-electron chi connectivity index (χ4n) is 1.51. The molecule has 0 saturated carbocycles. The summed E-state index contributed by atoms with van der Waals surface area (Å²) in [6.45, 7) is 9.26. The molecule has 0 radical (unpaired) electrons.